The quantitative estimate of drug-likeness (QED) is 0.0568. The predicted molar refractivity (Wildman–Crippen MR) is 196 cm³/mol. The van der Waals surface area contributed by atoms with Crippen LogP contribution in [0.15, 0.2) is 0 Å². The highest BCUT2D eigenvalue weighted by Gasteiger charge is 2.25. The van der Waals surface area contributed by atoms with E-state index in [1.807, 2.05) is 0 Å². The zero-order chi connectivity index (χ0) is 33.5. The maximum absolute atomic E-state index is 13.6. The van der Waals surface area contributed by atoms with Gasteiger partial charge in [-0.05, 0) is 57.4 Å². The third-order valence-electron chi connectivity index (χ3n) is 9.25. The minimum absolute atomic E-state index is 0.0271. The van der Waals surface area contributed by atoms with Gasteiger partial charge in [0, 0.05) is 24.8 Å². The molecule has 270 valence electrons. The molecular weight excluding hydrogens is 595 g/mol. The summed E-state index contributed by atoms with van der Waals surface area (Å²) >= 11 is 1.66. The van der Waals surface area contributed by atoms with E-state index in [2.05, 4.69) is 36.3 Å². The summed E-state index contributed by atoms with van der Waals surface area (Å²) in [5.74, 6) is 1.19. The maximum Gasteiger partial charge on any atom is 0.306 e. The lowest BCUT2D eigenvalue weighted by Crippen LogP contribution is -2.50. The van der Waals surface area contributed by atoms with E-state index in [0.717, 1.165) is 64.6 Å². The summed E-state index contributed by atoms with van der Waals surface area (Å²) < 4.78 is 5.42. The number of carbonyl (C=O) groups excluding carboxylic acids is 3. The molecule has 46 heavy (non-hydrogen) atoms. The Morgan fingerprint density at radius 1 is 0.674 bits per heavy atom. The van der Waals surface area contributed by atoms with Crippen molar-refractivity contribution in [2.75, 3.05) is 44.3 Å². The van der Waals surface area contributed by atoms with Crippen LogP contribution in [0.4, 0.5) is 0 Å². The fraction of sp³-hybridized carbons (Fsp3) is 0.921. The first-order valence-corrected chi connectivity index (χ1v) is 20.7. The zero-order valence-corrected chi connectivity index (χ0v) is 31.2. The summed E-state index contributed by atoms with van der Waals surface area (Å²) in [6, 6.07) is -0.538. The number of ether oxygens (including phenoxy) is 1. The molecule has 1 fully saturated rings. The second kappa shape index (κ2) is 31.0. The van der Waals surface area contributed by atoms with Crippen molar-refractivity contribution in [3.63, 3.8) is 0 Å². The number of rotatable bonds is 31. The summed E-state index contributed by atoms with van der Waals surface area (Å²) in [6.07, 6.45) is 25.5. The Morgan fingerprint density at radius 2 is 1.24 bits per heavy atom. The van der Waals surface area contributed by atoms with Crippen LogP contribution < -0.4 is 10.6 Å². The molecule has 0 aromatic rings. The van der Waals surface area contributed by atoms with Crippen LogP contribution in [0.3, 0.4) is 0 Å². The standard InChI is InChI=1S/C38H73N3O4S/c1-4-7-10-13-15-19-24-34(23-18-12-9-6-3)37(43)40-35(38(44)39-27-30-41-28-20-17-21-29-41)25-32-46-33-26-36(42)45-31-22-16-14-11-8-5-2/h34-35H,4-33H2,1-3H3,(H,39,44)(H,40,43). The molecule has 0 aromatic heterocycles. The number of amides is 2. The number of hydrogen-bond acceptors (Lipinski definition) is 6. The van der Waals surface area contributed by atoms with Gasteiger partial charge in [-0.25, -0.2) is 0 Å². The van der Waals surface area contributed by atoms with Crippen LogP contribution >= 0.6 is 11.8 Å². The Balaban J connectivity index is 2.59. The molecule has 0 bridgehead atoms. The van der Waals surface area contributed by atoms with Crippen LogP contribution in [0.2, 0.25) is 0 Å². The Hall–Kier alpha value is -1.28. The van der Waals surface area contributed by atoms with E-state index in [0.29, 0.717) is 37.5 Å². The Morgan fingerprint density at radius 3 is 1.87 bits per heavy atom. The average molecular weight is 668 g/mol. The van der Waals surface area contributed by atoms with Crippen molar-refractivity contribution in [3.8, 4) is 0 Å². The second-order valence-corrected chi connectivity index (χ2v) is 14.7. The highest BCUT2D eigenvalue weighted by Crippen LogP contribution is 2.20. The highest BCUT2D eigenvalue weighted by atomic mass is 32.2. The van der Waals surface area contributed by atoms with E-state index in [1.165, 1.54) is 89.9 Å². The molecule has 2 N–H and O–H groups in total. The Kier molecular flexibility index (Phi) is 28.8. The molecule has 0 saturated carbocycles. The van der Waals surface area contributed by atoms with Gasteiger partial charge in [0.15, 0.2) is 0 Å². The monoisotopic (exact) mass is 668 g/mol. The van der Waals surface area contributed by atoms with Crippen LogP contribution in [0.25, 0.3) is 0 Å². The number of thioether (sulfide) groups is 1. The molecule has 0 aromatic carbocycles. The fourth-order valence-corrected chi connectivity index (χ4v) is 7.11. The molecule has 2 unspecified atom stereocenters. The third-order valence-corrected chi connectivity index (χ3v) is 10.3. The summed E-state index contributed by atoms with van der Waals surface area (Å²) in [5.41, 5.74) is 0. The molecule has 1 rings (SSSR count). The van der Waals surface area contributed by atoms with Gasteiger partial charge < -0.3 is 20.3 Å². The lowest BCUT2D eigenvalue weighted by Gasteiger charge is -2.27. The van der Waals surface area contributed by atoms with Crippen molar-refractivity contribution in [1.82, 2.24) is 15.5 Å². The molecule has 2 amide bonds. The van der Waals surface area contributed by atoms with E-state index in [-0.39, 0.29) is 23.7 Å². The first kappa shape index (κ1) is 42.7. The first-order chi connectivity index (χ1) is 22.5. The van der Waals surface area contributed by atoms with E-state index < -0.39 is 6.04 Å². The molecule has 1 heterocycles. The van der Waals surface area contributed by atoms with Gasteiger partial charge in [-0.2, -0.15) is 11.8 Å². The number of likely N-dealkylation sites (tertiary alicyclic amines) is 1. The minimum Gasteiger partial charge on any atom is -0.466 e. The fourth-order valence-electron chi connectivity index (χ4n) is 6.20. The molecule has 0 radical (unpaired) electrons. The van der Waals surface area contributed by atoms with Gasteiger partial charge in [0.1, 0.15) is 6.04 Å². The molecule has 7 nitrogen and oxygen atoms in total. The van der Waals surface area contributed by atoms with E-state index >= 15 is 0 Å². The van der Waals surface area contributed by atoms with Crippen molar-refractivity contribution in [3.05, 3.63) is 0 Å². The zero-order valence-electron chi connectivity index (χ0n) is 30.4. The Labute approximate surface area is 288 Å². The van der Waals surface area contributed by atoms with Crippen molar-refractivity contribution < 1.29 is 19.1 Å². The molecule has 2 atom stereocenters. The topological polar surface area (TPSA) is 87.7 Å². The molecule has 1 aliphatic heterocycles. The molecule has 0 spiro atoms. The predicted octanol–water partition coefficient (Wildman–Crippen LogP) is 8.83. The van der Waals surface area contributed by atoms with E-state index in [1.54, 1.807) is 11.8 Å². The molecule has 1 saturated heterocycles. The second-order valence-electron chi connectivity index (χ2n) is 13.5. The number of carbonyl (C=O) groups is 3. The summed E-state index contributed by atoms with van der Waals surface area (Å²) in [5, 5.41) is 6.32. The SMILES string of the molecule is CCCCCCCCOC(=O)CCSCCC(NC(=O)C(CCCCCC)CCCCCCCC)C(=O)NCCN1CCCCC1. The number of esters is 1. The van der Waals surface area contributed by atoms with Gasteiger partial charge in [-0.1, -0.05) is 124 Å². The third kappa shape index (κ3) is 23.9. The van der Waals surface area contributed by atoms with Gasteiger partial charge in [0.05, 0.1) is 13.0 Å². The van der Waals surface area contributed by atoms with Crippen molar-refractivity contribution >= 4 is 29.5 Å². The van der Waals surface area contributed by atoms with E-state index in [4.69, 9.17) is 4.74 Å². The number of nitrogens with zero attached hydrogens (tertiary/aromatic N) is 1. The highest BCUT2D eigenvalue weighted by molar-refractivity contribution is 7.99. The van der Waals surface area contributed by atoms with E-state index in [9.17, 15) is 14.4 Å². The van der Waals surface area contributed by atoms with Gasteiger partial charge in [0.2, 0.25) is 11.8 Å². The number of unbranched alkanes of at least 4 members (excludes halogenated alkanes) is 13. The Bertz CT molecular complexity index is 747. The number of hydrogen-bond donors (Lipinski definition) is 2. The van der Waals surface area contributed by atoms with Crippen LogP contribution in [-0.2, 0) is 19.1 Å². The minimum atomic E-state index is -0.538. The summed E-state index contributed by atoms with van der Waals surface area (Å²) in [7, 11) is 0. The summed E-state index contributed by atoms with van der Waals surface area (Å²) in [4.78, 5) is 41.6. The van der Waals surface area contributed by atoms with Crippen LogP contribution in [0.1, 0.15) is 168 Å². The van der Waals surface area contributed by atoms with Crippen LogP contribution in [0.5, 0.6) is 0 Å². The van der Waals surface area contributed by atoms with Crippen molar-refractivity contribution in [1.29, 1.82) is 0 Å². The number of nitrogens with one attached hydrogen (secondary N) is 2. The van der Waals surface area contributed by atoms with Gasteiger partial charge in [-0.3, -0.25) is 14.4 Å². The van der Waals surface area contributed by atoms with Crippen molar-refractivity contribution in [2.24, 2.45) is 5.92 Å². The summed E-state index contributed by atoms with van der Waals surface area (Å²) in [6.45, 7) is 10.9. The van der Waals surface area contributed by atoms with Crippen molar-refractivity contribution in [2.45, 2.75) is 174 Å². The number of piperidine rings is 1. The first-order valence-electron chi connectivity index (χ1n) is 19.6. The van der Waals surface area contributed by atoms with Gasteiger partial charge in [-0.15, -0.1) is 0 Å². The lowest BCUT2D eigenvalue weighted by atomic mass is 9.93. The van der Waals surface area contributed by atoms with Crippen LogP contribution in [-0.4, -0.2) is 73.0 Å². The molecule has 1 aliphatic rings. The molecular formula is C38H73N3O4S. The average Bonchev–Trinajstić information content (AvgIpc) is 3.06. The van der Waals surface area contributed by atoms with Crippen LogP contribution in [0, 0.1) is 5.92 Å². The smallest absolute Gasteiger partial charge is 0.306 e. The lowest BCUT2D eigenvalue weighted by molar-refractivity contribution is -0.143. The normalized spacial score (nSPS) is 14.9. The largest absolute Gasteiger partial charge is 0.466 e. The van der Waals surface area contributed by atoms with Gasteiger partial charge >= 0.3 is 5.97 Å². The molecule has 8 heteroatoms. The molecule has 0 aliphatic carbocycles. The van der Waals surface area contributed by atoms with Gasteiger partial charge in [0.25, 0.3) is 0 Å². The maximum atomic E-state index is 13.6.